The fourth-order valence-electron chi connectivity index (χ4n) is 0.987. The molecule has 7 heteroatoms. The molecule has 5 nitrogen and oxygen atoms in total. The maximum Gasteiger partial charge on any atom is 0.271 e. The van der Waals surface area contributed by atoms with Gasteiger partial charge in [0.25, 0.3) is 5.90 Å². The number of aliphatic imine (C=N–C) groups is 1. The van der Waals surface area contributed by atoms with E-state index in [1.54, 1.807) is 18.2 Å². The number of phenolic OH excluding ortho intramolecular Hbond substituents is 1. The summed E-state index contributed by atoms with van der Waals surface area (Å²) in [5.41, 5.74) is -0.500. The van der Waals surface area contributed by atoms with Crippen LogP contribution in [0.4, 0.5) is 5.69 Å². The second kappa shape index (κ2) is 4.24. The number of phenols is 1. The van der Waals surface area contributed by atoms with E-state index >= 15 is 0 Å². The van der Waals surface area contributed by atoms with Gasteiger partial charge in [-0.3, -0.25) is 4.89 Å². The lowest BCUT2D eigenvalue weighted by Crippen LogP contribution is -2.17. The molecular weight excluding hydrogens is 243 g/mol. The lowest BCUT2D eigenvalue weighted by molar-refractivity contribution is -0.307. The van der Waals surface area contributed by atoms with Gasteiger partial charge < -0.3 is 5.11 Å². The molecule has 80 valence electrons. The zero-order valence-electron chi connectivity index (χ0n) is 7.30. The van der Waals surface area contributed by atoms with Crippen LogP contribution in [0.3, 0.4) is 0 Å². The molecule has 15 heavy (non-hydrogen) atoms. The van der Waals surface area contributed by atoms with Gasteiger partial charge in [0.05, 0.1) is 0 Å². The minimum absolute atomic E-state index is 0.0190. The van der Waals surface area contributed by atoms with Gasteiger partial charge in [0.1, 0.15) is 11.4 Å². The van der Waals surface area contributed by atoms with Crippen molar-refractivity contribution in [3.8, 4) is 5.75 Å². The molecule has 0 spiro atoms. The van der Waals surface area contributed by atoms with Crippen molar-refractivity contribution in [1.29, 1.82) is 0 Å². The molecule has 0 aliphatic carbocycles. The number of alkyl halides is 1. The van der Waals surface area contributed by atoms with Gasteiger partial charge in [-0.2, -0.15) is 0 Å². The third-order valence-electron chi connectivity index (χ3n) is 1.69. The summed E-state index contributed by atoms with van der Waals surface area (Å²) in [6, 6.07) is 6.50. The number of aromatic hydroxyl groups is 1. The second-order valence-corrected chi connectivity index (χ2v) is 3.45. The van der Waals surface area contributed by atoms with Gasteiger partial charge in [-0.1, -0.05) is 28.7 Å². The molecular formula is C8H6Cl2N2O3. The van der Waals surface area contributed by atoms with Gasteiger partial charge in [-0.25, -0.2) is 4.99 Å². The van der Waals surface area contributed by atoms with Crippen LogP contribution in [0.1, 0.15) is 0 Å². The topological polar surface area (TPSA) is 54.3 Å². The molecule has 1 unspecified atom stereocenters. The minimum Gasteiger partial charge on any atom is -0.506 e. The summed E-state index contributed by atoms with van der Waals surface area (Å²) in [5.74, 6) is 0.0821. The Morgan fingerprint density at radius 2 is 2.13 bits per heavy atom. The summed E-state index contributed by atoms with van der Waals surface area (Å²) in [4.78, 5) is 13.0. The van der Waals surface area contributed by atoms with E-state index in [0.717, 1.165) is 4.58 Å². The number of para-hydroxylation sites is 2. The molecule has 1 aromatic carbocycles. The van der Waals surface area contributed by atoms with Crippen LogP contribution in [0.25, 0.3) is 0 Å². The highest BCUT2D eigenvalue weighted by molar-refractivity contribution is 6.34. The number of hydroxylamine groups is 1. The summed E-state index contributed by atoms with van der Waals surface area (Å²) < 4.78 is 0.778. The third kappa shape index (κ3) is 2.15. The van der Waals surface area contributed by atoms with Gasteiger partial charge in [0, 0.05) is 11.8 Å². The molecule has 1 heterocycles. The summed E-state index contributed by atoms with van der Waals surface area (Å²) in [7, 11) is 0. The highest BCUT2D eigenvalue weighted by Crippen LogP contribution is 2.28. The minimum atomic E-state index is -0.828. The van der Waals surface area contributed by atoms with Crippen molar-refractivity contribution in [3.63, 3.8) is 0 Å². The summed E-state index contributed by atoms with van der Waals surface area (Å²) in [6.45, 7) is 0. The van der Waals surface area contributed by atoms with Crippen LogP contribution in [0, 0.1) is 0 Å². The van der Waals surface area contributed by atoms with Crippen molar-refractivity contribution in [2.75, 3.05) is 0 Å². The van der Waals surface area contributed by atoms with Crippen LogP contribution >= 0.6 is 23.4 Å². The normalized spacial score (nSPS) is 24.4. The number of hydrogen-bond donors (Lipinski definition) is 1. The number of halogens is 2. The van der Waals surface area contributed by atoms with Gasteiger partial charge in [0.15, 0.2) is 0 Å². The molecule has 0 aromatic heterocycles. The van der Waals surface area contributed by atoms with Crippen LogP contribution in [0.15, 0.2) is 29.3 Å². The predicted molar refractivity (Wildman–Crippen MR) is 54.7 cm³/mol. The highest BCUT2D eigenvalue weighted by atomic mass is 35.5. The van der Waals surface area contributed by atoms with Crippen molar-refractivity contribution >= 4 is 35.0 Å². The Hall–Kier alpha value is -1.01. The monoisotopic (exact) mass is 248 g/mol. The lowest BCUT2D eigenvalue weighted by Gasteiger charge is -2.00. The van der Waals surface area contributed by atoms with E-state index in [4.69, 9.17) is 23.4 Å². The van der Waals surface area contributed by atoms with E-state index in [1.807, 2.05) is 0 Å². The van der Waals surface area contributed by atoms with E-state index in [9.17, 15) is 5.11 Å². The molecule has 2 rings (SSSR count). The van der Waals surface area contributed by atoms with Gasteiger partial charge in [-0.15, -0.1) is 0 Å². The second-order valence-electron chi connectivity index (χ2n) is 2.70. The molecule has 0 saturated carbocycles. The Morgan fingerprint density at radius 1 is 1.40 bits per heavy atom. The first-order valence-corrected chi connectivity index (χ1v) is 4.76. The van der Waals surface area contributed by atoms with Crippen molar-refractivity contribution in [3.05, 3.63) is 24.3 Å². The number of benzene rings is 1. The molecule has 0 amide bonds. The molecule has 1 saturated heterocycles. The molecule has 1 atom stereocenters. The fourth-order valence-corrected chi connectivity index (χ4v) is 1.22. The first kappa shape index (κ1) is 10.5. The third-order valence-corrected chi connectivity index (χ3v) is 2.40. The lowest BCUT2D eigenvalue weighted by atomic mass is 10.3. The van der Waals surface area contributed by atoms with Crippen LogP contribution in [-0.4, -0.2) is 21.1 Å². The number of rotatable bonds is 1. The Bertz CT molecular complexity index is 399. The fraction of sp³-hybridized carbons (Fsp3) is 0.125. The Labute approximate surface area is 95.4 Å². The predicted octanol–water partition coefficient (Wildman–Crippen LogP) is 2.32. The van der Waals surface area contributed by atoms with Crippen molar-refractivity contribution in [2.24, 2.45) is 4.99 Å². The Morgan fingerprint density at radius 3 is 2.73 bits per heavy atom. The Kier molecular flexibility index (Phi) is 2.97. The van der Waals surface area contributed by atoms with Crippen LogP contribution in [0.2, 0.25) is 0 Å². The number of hydrogen-bond acceptors (Lipinski definition) is 5. The largest absolute Gasteiger partial charge is 0.506 e. The van der Waals surface area contributed by atoms with Crippen LogP contribution < -0.4 is 0 Å². The van der Waals surface area contributed by atoms with Gasteiger partial charge in [0.2, 0.25) is 5.50 Å². The van der Waals surface area contributed by atoms with E-state index in [2.05, 4.69) is 14.9 Å². The standard InChI is InChI=1S/C8H6Cl2N2O3/c9-7-8(14-15-12(7)10)11-5-3-1-2-4-6(5)13/h1-4,7,13H. The molecule has 1 aromatic rings. The van der Waals surface area contributed by atoms with Crippen molar-refractivity contribution in [2.45, 2.75) is 5.50 Å². The zero-order chi connectivity index (χ0) is 10.8. The summed E-state index contributed by atoms with van der Waals surface area (Å²) in [6.07, 6.45) is 0. The Balaban J connectivity index is 2.28. The molecule has 0 bridgehead atoms. The van der Waals surface area contributed by atoms with Crippen LogP contribution in [0.5, 0.6) is 5.75 Å². The van der Waals surface area contributed by atoms with E-state index in [-0.39, 0.29) is 11.6 Å². The SMILES string of the molecule is Oc1ccccc1N=C1OON(Cl)C1Cl. The summed E-state index contributed by atoms with van der Waals surface area (Å²) in [5, 5.41) is 9.43. The average molecular weight is 249 g/mol. The van der Waals surface area contributed by atoms with Gasteiger partial charge in [-0.05, 0) is 16.7 Å². The van der Waals surface area contributed by atoms with Crippen LogP contribution in [-0.2, 0) is 9.88 Å². The first-order chi connectivity index (χ1) is 7.18. The van der Waals surface area contributed by atoms with Gasteiger partial charge >= 0.3 is 0 Å². The molecule has 1 aliphatic rings. The highest BCUT2D eigenvalue weighted by Gasteiger charge is 2.33. The van der Waals surface area contributed by atoms with E-state index < -0.39 is 5.50 Å². The van der Waals surface area contributed by atoms with Crippen molar-refractivity contribution in [1.82, 2.24) is 4.58 Å². The zero-order valence-corrected chi connectivity index (χ0v) is 8.81. The molecule has 1 N–H and O–H groups in total. The number of nitrogens with zero attached hydrogens (tertiary/aromatic N) is 2. The van der Waals surface area contributed by atoms with E-state index in [1.165, 1.54) is 6.07 Å². The first-order valence-electron chi connectivity index (χ1n) is 3.99. The molecule has 1 fully saturated rings. The molecule has 1 aliphatic heterocycles. The maximum atomic E-state index is 9.43. The average Bonchev–Trinajstić information content (AvgIpc) is 2.53. The van der Waals surface area contributed by atoms with E-state index in [0.29, 0.717) is 5.69 Å². The quantitative estimate of drug-likeness (QED) is 0.359. The molecule has 0 radical (unpaired) electrons. The van der Waals surface area contributed by atoms with Crippen molar-refractivity contribution < 1.29 is 15.0 Å². The maximum absolute atomic E-state index is 9.43. The summed E-state index contributed by atoms with van der Waals surface area (Å²) >= 11 is 11.2. The smallest absolute Gasteiger partial charge is 0.271 e.